The summed E-state index contributed by atoms with van der Waals surface area (Å²) in [6.45, 7) is 0.413. The molecule has 2 heterocycles. The Morgan fingerprint density at radius 3 is 2.93 bits per heavy atom. The Kier molecular flexibility index (Phi) is 4.22. The Morgan fingerprint density at radius 2 is 2.19 bits per heavy atom. The third-order valence-corrected chi connectivity index (χ3v) is 4.28. The first-order valence-electron chi connectivity index (χ1n) is 8.47. The van der Waals surface area contributed by atoms with Crippen molar-refractivity contribution >= 4 is 28.8 Å². The number of fused-ring (bicyclic) bond motifs is 1. The molecular formula is C18H17N9. The first kappa shape index (κ1) is 16.7. The van der Waals surface area contributed by atoms with Gasteiger partial charge in [0, 0.05) is 11.6 Å². The van der Waals surface area contributed by atoms with Gasteiger partial charge < -0.3 is 11.6 Å². The third-order valence-electron chi connectivity index (χ3n) is 4.28. The molecule has 4 rings (SSSR count). The SMILES string of the molecule is N#Cc1ccc2c(C(C=NCc3ccn(C4CC4)n3)=NN)nc(N)nc2c1. The Labute approximate surface area is 155 Å². The van der Waals surface area contributed by atoms with Crippen LogP contribution in [0, 0.1) is 11.3 Å². The van der Waals surface area contributed by atoms with Gasteiger partial charge in [-0.05, 0) is 37.1 Å². The first-order valence-corrected chi connectivity index (χ1v) is 8.47. The maximum Gasteiger partial charge on any atom is 0.221 e. The highest BCUT2D eigenvalue weighted by atomic mass is 15.3. The van der Waals surface area contributed by atoms with Crippen LogP contribution in [0.4, 0.5) is 5.95 Å². The molecule has 0 atom stereocenters. The summed E-state index contributed by atoms with van der Waals surface area (Å²) in [4.78, 5) is 12.8. The van der Waals surface area contributed by atoms with Crippen LogP contribution >= 0.6 is 0 Å². The first-order chi connectivity index (χ1) is 13.2. The summed E-state index contributed by atoms with van der Waals surface area (Å²) in [7, 11) is 0. The van der Waals surface area contributed by atoms with Gasteiger partial charge in [0.2, 0.25) is 5.95 Å². The van der Waals surface area contributed by atoms with Crippen LogP contribution in [0.1, 0.15) is 35.8 Å². The van der Waals surface area contributed by atoms with Gasteiger partial charge in [-0.25, -0.2) is 9.97 Å². The summed E-state index contributed by atoms with van der Waals surface area (Å²) in [6.07, 6.45) is 5.90. The molecule has 0 aliphatic heterocycles. The van der Waals surface area contributed by atoms with Crippen molar-refractivity contribution in [3.8, 4) is 6.07 Å². The second-order valence-electron chi connectivity index (χ2n) is 6.28. The lowest BCUT2D eigenvalue weighted by Gasteiger charge is -2.06. The zero-order chi connectivity index (χ0) is 18.8. The summed E-state index contributed by atoms with van der Waals surface area (Å²) in [5.74, 6) is 5.63. The minimum atomic E-state index is 0.0744. The van der Waals surface area contributed by atoms with Gasteiger partial charge >= 0.3 is 0 Å². The lowest BCUT2D eigenvalue weighted by atomic mass is 10.1. The van der Waals surface area contributed by atoms with E-state index in [1.807, 2.05) is 16.9 Å². The lowest BCUT2D eigenvalue weighted by Crippen LogP contribution is -2.12. The van der Waals surface area contributed by atoms with Crippen LogP contribution < -0.4 is 11.6 Å². The number of aromatic nitrogens is 4. The number of nitriles is 1. The van der Waals surface area contributed by atoms with E-state index in [2.05, 4.69) is 31.2 Å². The summed E-state index contributed by atoms with van der Waals surface area (Å²) in [5, 5.41) is 18.1. The van der Waals surface area contributed by atoms with Gasteiger partial charge in [0.05, 0.1) is 41.6 Å². The monoisotopic (exact) mass is 359 g/mol. The maximum atomic E-state index is 9.06. The molecule has 4 N–H and O–H groups in total. The average Bonchev–Trinajstić information content (AvgIpc) is 3.43. The number of nitrogen functional groups attached to an aromatic ring is 1. The van der Waals surface area contributed by atoms with Gasteiger partial charge in [0.25, 0.3) is 0 Å². The predicted molar refractivity (Wildman–Crippen MR) is 102 cm³/mol. The highest BCUT2D eigenvalue weighted by Gasteiger charge is 2.24. The highest BCUT2D eigenvalue weighted by Crippen LogP contribution is 2.33. The van der Waals surface area contributed by atoms with Crippen molar-refractivity contribution in [1.82, 2.24) is 19.7 Å². The van der Waals surface area contributed by atoms with Crippen molar-refractivity contribution in [3.63, 3.8) is 0 Å². The zero-order valence-corrected chi connectivity index (χ0v) is 14.4. The molecule has 9 heteroatoms. The number of hydrogen-bond acceptors (Lipinski definition) is 8. The van der Waals surface area contributed by atoms with E-state index in [-0.39, 0.29) is 5.95 Å². The standard InChI is InChI=1S/C18H17N9/c19-8-11-1-4-14-15(7-11)23-18(20)24-17(14)16(25-21)10-22-9-12-5-6-27(26-12)13-2-3-13/h1,4-7,10,13H,2-3,9,21H2,(H2,20,23,24). The molecule has 9 nitrogen and oxygen atoms in total. The third kappa shape index (κ3) is 3.46. The quantitative estimate of drug-likeness (QED) is 0.402. The van der Waals surface area contributed by atoms with Gasteiger partial charge in [-0.1, -0.05) is 0 Å². The number of hydrazone groups is 1. The number of rotatable bonds is 5. The molecule has 134 valence electrons. The molecule has 0 unspecified atom stereocenters. The van der Waals surface area contributed by atoms with Crippen LogP contribution in [0.5, 0.6) is 0 Å². The maximum absolute atomic E-state index is 9.06. The normalized spacial score (nSPS) is 14.7. The van der Waals surface area contributed by atoms with Gasteiger partial charge in [-0.2, -0.15) is 15.5 Å². The van der Waals surface area contributed by atoms with E-state index < -0.39 is 0 Å². The van der Waals surface area contributed by atoms with Crippen LogP contribution in [0.25, 0.3) is 10.9 Å². The second kappa shape index (κ2) is 6.84. The molecule has 0 bridgehead atoms. The molecule has 0 spiro atoms. The Bertz CT molecular complexity index is 1100. The van der Waals surface area contributed by atoms with Crippen molar-refractivity contribution in [2.75, 3.05) is 5.73 Å². The highest BCUT2D eigenvalue weighted by molar-refractivity contribution is 6.40. The van der Waals surface area contributed by atoms with Crippen LogP contribution in [0.3, 0.4) is 0 Å². The Hall–Kier alpha value is -3.80. The predicted octanol–water partition coefficient (Wildman–Crippen LogP) is 1.55. The van der Waals surface area contributed by atoms with E-state index in [0.29, 0.717) is 40.5 Å². The molecule has 1 aliphatic rings. The molecule has 27 heavy (non-hydrogen) atoms. The number of benzene rings is 1. The van der Waals surface area contributed by atoms with E-state index in [1.165, 1.54) is 12.8 Å². The number of nitrogens with two attached hydrogens (primary N) is 2. The summed E-state index contributed by atoms with van der Waals surface area (Å²) < 4.78 is 1.98. The molecule has 0 amide bonds. The Morgan fingerprint density at radius 1 is 1.33 bits per heavy atom. The fourth-order valence-corrected chi connectivity index (χ4v) is 2.80. The van der Waals surface area contributed by atoms with E-state index in [4.69, 9.17) is 16.8 Å². The topological polar surface area (TPSA) is 144 Å². The summed E-state index contributed by atoms with van der Waals surface area (Å²) >= 11 is 0. The average molecular weight is 359 g/mol. The minimum Gasteiger partial charge on any atom is -0.368 e. The molecule has 1 aromatic carbocycles. The van der Waals surface area contributed by atoms with Crippen molar-refractivity contribution < 1.29 is 0 Å². The largest absolute Gasteiger partial charge is 0.368 e. The van der Waals surface area contributed by atoms with Crippen LogP contribution in [-0.2, 0) is 6.54 Å². The van der Waals surface area contributed by atoms with E-state index >= 15 is 0 Å². The summed E-state index contributed by atoms with van der Waals surface area (Å²) in [5.41, 5.74) is 8.56. The fraction of sp³-hybridized carbons (Fsp3) is 0.222. The number of aliphatic imine (C=N–C) groups is 1. The van der Waals surface area contributed by atoms with Gasteiger partial charge in [-0.3, -0.25) is 9.67 Å². The van der Waals surface area contributed by atoms with Crippen molar-refractivity contribution in [3.05, 3.63) is 47.4 Å². The Balaban J connectivity index is 1.60. The molecule has 1 saturated carbocycles. The van der Waals surface area contributed by atoms with E-state index in [0.717, 1.165) is 5.69 Å². The molecule has 3 aromatic rings. The van der Waals surface area contributed by atoms with Gasteiger partial charge in [0.1, 0.15) is 11.4 Å². The number of hydrogen-bond donors (Lipinski definition) is 2. The minimum absolute atomic E-state index is 0.0744. The van der Waals surface area contributed by atoms with E-state index in [1.54, 1.807) is 24.4 Å². The number of nitrogens with zero attached hydrogens (tertiary/aromatic N) is 7. The summed E-state index contributed by atoms with van der Waals surface area (Å²) in [6, 6.07) is 9.65. The lowest BCUT2D eigenvalue weighted by molar-refractivity contribution is 0.630. The second-order valence-corrected chi connectivity index (χ2v) is 6.28. The van der Waals surface area contributed by atoms with Crippen molar-refractivity contribution in [2.24, 2.45) is 15.9 Å². The number of anilines is 1. The fourth-order valence-electron chi connectivity index (χ4n) is 2.80. The van der Waals surface area contributed by atoms with Crippen molar-refractivity contribution in [2.45, 2.75) is 25.4 Å². The van der Waals surface area contributed by atoms with E-state index in [9.17, 15) is 0 Å². The molecule has 2 aromatic heterocycles. The van der Waals surface area contributed by atoms with Crippen LogP contribution in [0.2, 0.25) is 0 Å². The molecule has 1 aliphatic carbocycles. The van der Waals surface area contributed by atoms with Crippen molar-refractivity contribution in [1.29, 1.82) is 5.26 Å². The van der Waals surface area contributed by atoms with Gasteiger partial charge in [0.15, 0.2) is 0 Å². The molecular weight excluding hydrogens is 342 g/mol. The molecule has 1 fully saturated rings. The molecule has 0 saturated heterocycles. The smallest absolute Gasteiger partial charge is 0.221 e. The molecule has 0 radical (unpaired) electrons. The van der Waals surface area contributed by atoms with Crippen LogP contribution in [-0.4, -0.2) is 31.7 Å². The van der Waals surface area contributed by atoms with Gasteiger partial charge in [-0.15, -0.1) is 0 Å². The van der Waals surface area contributed by atoms with Crippen LogP contribution in [0.15, 0.2) is 40.6 Å². The zero-order valence-electron chi connectivity index (χ0n) is 14.4.